The predicted molar refractivity (Wildman–Crippen MR) is 103 cm³/mol. The number of rotatable bonds is 7. The number of ether oxygens (including phenoxy) is 1. The monoisotopic (exact) mass is 485 g/mol. The molecule has 0 radical (unpaired) electrons. The lowest BCUT2D eigenvalue weighted by Crippen LogP contribution is -2.59. The van der Waals surface area contributed by atoms with E-state index in [-0.39, 0.29) is 17.2 Å². The standard InChI is InChI=1S/C18H18ClF6N5O2/c1-29-28-27-10-30(29)8-16(31,13-4-2-11(19)6-14(13)20)18(24,25)15-5-3-12(7-26-15)32-9-17(21,22)23/h2,4,6-7,10,28,31H,3,5,8-9H2,1H3. The number of allylic oxidation sites excluding steroid dienone is 1. The summed E-state index contributed by atoms with van der Waals surface area (Å²) < 4.78 is 87.4. The number of hydrogen-bond acceptors (Lipinski definition) is 7. The minimum atomic E-state index is -4.60. The molecule has 0 aromatic heterocycles. The molecule has 1 atom stereocenters. The van der Waals surface area contributed by atoms with Crippen molar-refractivity contribution in [3.8, 4) is 0 Å². The largest absolute Gasteiger partial charge is 0.487 e. The minimum absolute atomic E-state index is 0.0668. The second kappa shape index (κ2) is 8.79. The third-order valence-electron chi connectivity index (χ3n) is 4.82. The summed E-state index contributed by atoms with van der Waals surface area (Å²) in [4.78, 5) is 3.54. The van der Waals surface area contributed by atoms with Gasteiger partial charge in [0, 0.05) is 24.1 Å². The summed E-state index contributed by atoms with van der Waals surface area (Å²) in [5, 5.41) is 17.1. The zero-order valence-electron chi connectivity index (χ0n) is 16.5. The van der Waals surface area contributed by atoms with Crippen LogP contribution in [0.3, 0.4) is 0 Å². The van der Waals surface area contributed by atoms with E-state index in [0.717, 1.165) is 35.7 Å². The molecule has 14 heteroatoms. The summed E-state index contributed by atoms with van der Waals surface area (Å²) in [6.45, 7) is -2.43. The number of aliphatic imine (C=N–C) groups is 1. The number of benzene rings is 1. The van der Waals surface area contributed by atoms with E-state index in [0.29, 0.717) is 0 Å². The smallest absolute Gasteiger partial charge is 0.422 e. The number of alkyl halides is 5. The van der Waals surface area contributed by atoms with Crippen molar-refractivity contribution in [3.05, 3.63) is 46.6 Å². The van der Waals surface area contributed by atoms with Crippen LogP contribution in [-0.2, 0) is 10.3 Å². The summed E-state index contributed by atoms with van der Waals surface area (Å²) >= 11 is 5.72. The van der Waals surface area contributed by atoms with Gasteiger partial charge in [0.1, 0.15) is 17.9 Å². The molecule has 7 nitrogen and oxygen atoms in total. The molecule has 2 heterocycles. The average molecular weight is 486 g/mol. The molecule has 1 aromatic rings. The van der Waals surface area contributed by atoms with Crippen LogP contribution in [0.1, 0.15) is 18.4 Å². The van der Waals surface area contributed by atoms with Gasteiger partial charge in [0.05, 0.1) is 18.5 Å². The molecule has 2 aliphatic heterocycles. The second-order valence-corrected chi connectivity index (χ2v) is 7.54. The van der Waals surface area contributed by atoms with Gasteiger partial charge in [-0.15, -0.1) is 5.12 Å². The Morgan fingerprint density at radius 2 is 1.94 bits per heavy atom. The van der Waals surface area contributed by atoms with E-state index in [1.807, 2.05) is 0 Å². The summed E-state index contributed by atoms with van der Waals surface area (Å²) in [6.07, 6.45) is -3.58. The van der Waals surface area contributed by atoms with Gasteiger partial charge in [0.25, 0.3) is 0 Å². The van der Waals surface area contributed by atoms with Gasteiger partial charge in [-0.2, -0.15) is 27.1 Å². The van der Waals surface area contributed by atoms with Crippen LogP contribution in [0.15, 0.2) is 40.3 Å². The Labute approximate surface area is 183 Å². The molecular formula is C18H18ClF6N5O2. The molecule has 32 heavy (non-hydrogen) atoms. The highest BCUT2D eigenvalue weighted by molar-refractivity contribution is 6.30. The third kappa shape index (κ3) is 4.94. The molecule has 1 unspecified atom stereocenters. The maximum Gasteiger partial charge on any atom is 0.422 e. The van der Waals surface area contributed by atoms with Gasteiger partial charge in [-0.05, 0) is 18.6 Å². The summed E-state index contributed by atoms with van der Waals surface area (Å²) in [5.41, 5.74) is -2.30. The number of hydrogen-bond donors (Lipinski definition) is 2. The lowest BCUT2D eigenvalue weighted by molar-refractivity contribution is -0.169. The van der Waals surface area contributed by atoms with E-state index in [2.05, 4.69) is 20.4 Å². The lowest BCUT2D eigenvalue weighted by atomic mass is 9.82. The van der Waals surface area contributed by atoms with Crippen LogP contribution in [0.25, 0.3) is 0 Å². The first-order chi connectivity index (χ1) is 14.8. The Bertz CT molecular complexity index is 954. The summed E-state index contributed by atoms with van der Waals surface area (Å²) in [5.74, 6) is -5.54. The van der Waals surface area contributed by atoms with Crippen molar-refractivity contribution in [2.24, 2.45) is 10.1 Å². The lowest BCUT2D eigenvalue weighted by Gasteiger charge is -2.40. The highest BCUT2D eigenvalue weighted by atomic mass is 35.5. The predicted octanol–water partition coefficient (Wildman–Crippen LogP) is 3.57. The van der Waals surface area contributed by atoms with Crippen LogP contribution in [-0.4, -0.2) is 59.6 Å². The first-order valence-electron chi connectivity index (χ1n) is 9.14. The molecule has 0 amide bonds. The maximum atomic E-state index is 15.7. The number of hydrazone groups is 1. The summed E-state index contributed by atoms with van der Waals surface area (Å²) in [7, 11) is 1.43. The van der Waals surface area contributed by atoms with Gasteiger partial charge in [-0.1, -0.05) is 17.7 Å². The fraction of sp³-hybridized carbons (Fsp3) is 0.444. The Hall–Kier alpha value is -2.51. The normalized spacial score (nSPS) is 19.3. The molecule has 2 aliphatic rings. The number of nitrogens with one attached hydrogen (secondary N) is 1. The average Bonchev–Trinajstić information content (AvgIpc) is 3.10. The van der Waals surface area contributed by atoms with E-state index < -0.39 is 54.4 Å². The van der Waals surface area contributed by atoms with E-state index in [1.54, 1.807) is 0 Å². The molecule has 2 N–H and O–H groups in total. The van der Waals surface area contributed by atoms with Crippen molar-refractivity contribution in [3.63, 3.8) is 0 Å². The molecule has 0 aliphatic carbocycles. The van der Waals surface area contributed by atoms with Gasteiger partial charge >= 0.3 is 12.1 Å². The first-order valence-corrected chi connectivity index (χ1v) is 9.52. The number of hydrazine groups is 2. The van der Waals surface area contributed by atoms with Crippen molar-refractivity contribution < 1.29 is 36.2 Å². The van der Waals surface area contributed by atoms with Crippen LogP contribution in [0.4, 0.5) is 26.3 Å². The minimum Gasteiger partial charge on any atom is -0.487 e. The van der Waals surface area contributed by atoms with Gasteiger partial charge < -0.3 is 9.84 Å². The van der Waals surface area contributed by atoms with Gasteiger partial charge in [-0.25, -0.2) is 9.93 Å². The number of β-amino-alcohol motifs (C(OH)–C–C–N with tert-alkyl or cyclic N) is 1. The molecule has 0 saturated heterocycles. The van der Waals surface area contributed by atoms with Crippen molar-refractivity contribution in [2.45, 2.75) is 30.5 Å². The molecular weight excluding hydrogens is 468 g/mol. The van der Waals surface area contributed by atoms with Gasteiger partial charge in [0.2, 0.25) is 0 Å². The number of aliphatic hydroxyl groups is 1. The van der Waals surface area contributed by atoms with Gasteiger partial charge in [-0.3, -0.25) is 10.0 Å². The van der Waals surface area contributed by atoms with Crippen LogP contribution >= 0.6 is 11.6 Å². The Morgan fingerprint density at radius 1 is 1.22 bits per heavy atom. The zero-order chi connectivity index (χ0) is 23.7. The van der Waals surface area contributed by atoms with Gasteiger partial charge in [0.15, 0.2) is 12.2 Å². The van der Waals surface area contributed by atoms with Crippen molar-refractivity contribution in [1.82, 2.24) is 15.7 Å². The van der Waals surface area contributed by atoms with Crippen LogP contribution in [0, 0.1) is 5.82 Å². The van der Waals surface area contributed by atoms with Crippen LogP contribution in [0.2, 0.25) is 5.02 Å². The van der Waals surface area contributed by atoms with E-state index >= 15 is 8.78 Å². The van der Waals surface area contributed by atoms with Crippen molar-refractivity contribution in [2.75, 3.05) is 20.2 Å². The van der Waals surface area contributed by atoms with E-state index in [9.17, 15) is 22.7 Å². The molecule has 3 rings (SSSR count). The Morgan fingerprint density at radius 3 is 2.47 bits per heavy atom. The highest BCUT2D eigenvalue weighted by Crippen LogP contribution is 2.43. The molecule has 0 bridgehead atoms. The summed E-state index contributed by atoms with van der Waals surface area (Å²) in [6, 6.07) is 2.86. The number of nitrogens with zero attached hydrogens (tertiary/aromatic N) is 4. The Kier molecular flexibility index (Phi) is 6.63. The number of halogens is 7. The molecule has 176 valence electrons. The van der Waals surface area contributed by atoms with Crippen molar-refractivity contribution in [1.29, 1.82) is 0 Å². The van der Waals surface area contributed by atoms with E-state index in [1.165, 1.54) is 12.2 Å². The fourth-order valence-corrected chi connectivity index (χ4v) is 3.31. The second-order valence-electron chi connectivity index (χ2n) is 7.10. The molecule has 1 aromatic carbocycles. The fourth-order valence-electron chi connectivity index (χ4n) is 3.15. The van der Waals surface area contributed by atoms with Crippen LogP contribution in [0.5, 0.6) is 0 Å². The van der Waals surface area contributed by atoms with Crippen molar-refractivity contribution >= 4 is 23.7 Å². The molecule has 0 saturated carbocycles. The van der Waals surface area contributed by atoms with E-state index in [4.69, 9.17) is 11.6 Å². The quantitative estimate of drug-likeness (QED) is 0.578. The Balaban J connectivity index is 1.97. The zero-order valence-corrected chi connectivity index (χ0v) is 17.3. The molecule has 0 spiro atoms. The highest BCUT2D eigenvalue weighted by Gasteiger charge is 2.59. The molecule has 0 fully saturated rings. The van der Waals surface area contributed by atoms with Crippen LogP contribution < -0.4 is 5.53 Å². The first kappa shape index (κ1) is 24.1. The SMILES string of the molecule is CN1NN=CN1CC(O)(c1ccc(Cl)cc1F)C(F)(F)C1=NC=C(OCC(F)(F)F)CC1. The topological polar surface area (TPSA) is 72.7 Å². The third-order valence-corrected chi connectivity index (χ3v) is 5.06. The maximum absolute atomic E-state index is 15.7.